The third kappa shape index (κ3) is 4.76. The van der Waals surface area contributed by atoms with Gasteiger partial charge >= 0.3 is 0 Å². The van der Waals surface area contributed by atoms with Gasteiger partial charge in [-0.05, 0) is 47.3 Å². The number of nitrogens with two attached hydrogens (primary N) is 1. The number of carbonyl (C=O) groups is 1. The van der Waals surface area contributed by atoms with Gasteiger partial charge in [0.2, 0.25) is 5.91 Å². The van der Waals surface area contributed by atoms with Crippen molar-refractivity contribution >= 4 is 52.3 Å². The van der Waals surface area contributed by atoms with Gasteiger partial charge in [-0.25, -0.2) is 0 Å². The van der Waals surface area contributed by atoms with Gasteiger partial charge in [0, 0.05) is 36.8 Å². The van der Waals surface area contributed by atoms with Crippen LogP contribution in [0.15, 0.2) is 28.7 Å². The number of hydrogen-bond acceptors (Lipinski definition) is 4. The van der Waals surface area contributed by atoms with Crippen LogP contribution in [0.3, 0.4) is 0 Å². The highest BCUT2D eigenvalue weighted by atomic mass is 79.9. The van der Waals surface area contributed by atoms with Gasteiger partial charge in [0.1, 0.15) is 0 Å². The third-order valence-electron chi connectivity index (χ3n) is 4.55. The van der Waals surface area contributed by atoms with Gasteiger partial charge in [-0.2, -0.15) is 0 Å². The zero-order valence-electron chi connectivity index (χ0n) is 13.4. The number of nitrogens with one attached hydrogen (secondary N) is 1. The van der Waals surface area contributed by atoms with Gasteiger partial charge in [0.05, 0.1) is 11.2 Å². The van der Waals surface area contributed by atoms with E-state index in [-0.39, 0.29) is 36.8 Å². The first-order chi connectivity index (χ1) is 10.6. The minimum absolute atomic E-state index is 0. The molecule has 0 aromatic heterocycles. The summed E-state index contributed by atoms with van der Waals surface area (Å²) in [5.74, 6) is -0.0326. The van der Waals surface area contributed by atoms with Crippen molar-refractivity contribution in [1.82, 2.24) is 5.32 Å². The number of hydrogen-bond donors (Lipinski definition) is 2. The summed E-state index contributed by atoms with van der Waals surface area (Å²) < 4.78 is 6.38. The average Bonchev–Trinajstić information content (AvgIpc) is 2.97. The van der Waals surface area contributed by atoms with Gasteiger partial charge in [-0.15, -0.1) is 24.8 Å². The Morgan fingerprint density at radius 1 is 1.29 bits per heavy atom. The van der Waals surface area contributed by atoms with E-state index in [0.717, 1.165) is 24.0 Å². The smallest absolute Gasteiger partial charge is 0.240 e. The zero-order valence-corrected chi connectivity index (χ0v) is 16.6. The molecule has 0 radical (unpaired) electrons. The fourth-order valence-electron chi connectivity index (χ4n) is 3.10. The maximum Gasteiger partial charge on any atom is 0.240 e. The topological polar surface area (TPSA) is 67.6 Å². The summed E-state index contributed by atoms with van der Waals surface area (Å²) in [6, 6.07) is 8.33. The quantitative estimate of drug-likeness (QED) is 0.757. The van der Waals surface area contributed by atoms with Crippen molar-refractivity contribution in [3.63, 3.8) is 0 Å². The molecular formula is C16H24BrCl2N3O2. The summed E-state index contributed by atoms with van der Waals surface area (Å²) in [4.78, 5) is 14.8. The van der Waals surface area contributed by atoms with Gasteiger partial charge in [0.25, 0.3) is 0 Å². The predicted octanol–water partition coefficient (Wildman–Crippen LogP) is 2.50. The van der Waals surface area contributed by atoms with Crippen LogP contribution in [0, 0.1) is 0 Å². The Hall–Kier alpha value is -0.530. The minimum atomic E-state index is -0.765. The predicted molar refractivity (Wildman–Crippen MR) is 104 cm³/mol. The lowest BCUT2D eigenvalue weighted by molar-refractivity contribution is -0.130. The number of rotatable bonds is 3. The summed E-state index contributed by atoms with van der Waals surface area (Å²) >= 11 is 3.59. The Morgan fingerprint density at radius 3 is 2.62 bits per heavy atom. The van der Waals surface area contributed by atoms with Gasteiger partial charge in [-0.1, -0.05) is 12.1 Å². The van der Waals surface area contributed by atoms with Crippen LogP contribution < -0.4 is 16.0 Å². The Kier molecular flexibility index (Phi) is 8.29. The molecule has 1 atom stereocenters. The standard InChI is InChI=1S/C16H22BrN3O2.2ClH/c17-13-3-1-2-4-14(13)20-8-5-12(11-20)19-15(21)16(18)6-9-22-10-7-16;;/h1-4,12H,5-11,18H2,(H,19,21);2*1H. The van der Waals surface area contributed by atoms with Crippen LogP contribution in [0.1, 0.15) is 19.3 Å². The normalized spacial score (nSPS) is 22.2. The Labute approximate surface area is 163 Å². The fraction of sp³-hybridized carbons (Fsp3) is 0.562. The van der Waals surface area contributed by atoms with Crippen molar-refractivity contribution in [2.45, 2.75) is 30.8 Å². The Morgan fingerprint density at radius 2 is 1.96 bits per heavy atom. The third-order valence-corrected chi connectivity index (χ3v) is 5.22. The van der Waals surface area contributed by atoms with Gasteiger partial charge in [-0.3, -0.25) is 4.79 Å². The van der Waals surface area contributed by atoms with Crippen molar-refractivity contribution in [1.29, 1.82) is 0 Å². The number of ether oxygens (including phenoxy) is 1. The molecule has 8 heteroatoms. The molecule has 24 heavy (non-hydrogen) atoms. The van der Waals surface area contributed by atoms with Crippen LogP contribution in [-0.2, 0) is 9.53 Å². The number of para-hydroxylation sites is 1. The molecule has 0 saturated carbocycles. The lowest BCUT2D eigenvalue weighted by Crippen LogP contribution is -2.59. The molecule has 2 aliphatic heterocycles. The summed E-state index contributed by atoms with van der Waals surface area (Å²) in [5, 5.41) is 3.13. The summed E-state index contributed by atoms with van der Waals surface area (Å²) in [6.45, 7) is 2.89. The molecule has 1 amide bonds. The van der Waals surface area contributed by atoms with E-state index in [9.17, 15) is 4.79 Å². The van der Waals surface area contributed by atoms with Crippen LogP contribution in [0.4, 0.5) is 5.69 Å². The minimum Gasteiger partial charge on any atom is -0.381 e. The largest absolute Gasteiger partial charge is 0.381 e. The van der Waals surface area contributed by atoms with Crippen molar-refractivity contribution in [3.05, 3.63) is 28.7 Å². The molecule has 0 aliphatic carbocycles. The summed E-state index contributed by atoms with van der Waals surface area (Å²) in [7, 11) is 0. The van der Waals surface area contributed by atoms with E-state index in [0.29, 0.717) is 26.1 Å². The highest BCUT2D eigenvalue weighted by Gasteiger charge is 2.37. The van der Waals surface area contributed by atoms with E-state index >= 15 is 0 Å². The monoisotopic (exact) mass is 439 g/mol. The maximum atomic E-state index is 12.5. The van der Waals surface area contributed by atoms with Gasteiger partial charge < -0.3 is 20.7 Å². The lowest BCUT2D eigenvalue weighted by Gasteiger charge is -2.33. The molecule has 2 heterocycles. The molecule has 5 nitrogen and oxygen atoms in total. The van der Waals surface area contributed by atoms with Crippen molar-refractivity contribution < 1.29 is 9.53 Å². The molecule has 0 spiro atoms. The lowest BCUT2D eigenvalue weighted by atomic mass is 9.90. The first kappa shape index (κ1) is 21.5. The second-order valence-electron chi connectivity index (χ2n) is 6.12. The molecule has 3 N–H and O–H groups in total. The van der Waals surface area contributed by atoms with Crippen LogP contribution in [0.2, 0.25) is 0 Å². The molecule has 0 bridgehead atoms. The van der Waals surface area contributed by atoms with Crippen LogP contribution >= 0.6 is 40.7 Å². The Bertz CT molecular complexity index is 556. The zero-order chi connectivity index (χ0) is 15.6. The molecular weight excluding hydrogens is 417 g/mol. The number of halogens is 3. The van der Waals surface area contributed by atoms with Gasteiger partial charge in [0.15, 0.2) is 0 Å². The van der Waals surface area contributed by atoms with Crippen molar-refractivity contribution in [3.8, 4) is 0 Å². The van der Waals surface area contributed by atoms with Crippen LogP contribution in [0.5, 0.6) is 0 Å². The van der Waals surface area contributed by atoms with E-state index in [1.54, 1.807) is 0 Å². The molecule has 136 valence electrons. The number of anilines is 1. The fourth-order valence-corrected chi connectivity index (χ4v) is 3.63. The van der Waals surface area contributed by atoms with Crippen molar-refractivity contribution in [2.24, 2.45) is 5.73 Å². The molecule has 2 saturated heterocycles. The molecule has 2 fully saturated rings. The van der Waals surface area contributed by atoms with E-state index in [1.165, 1.54) is 5.69 Å². The molecule has 1 aromatic carbocycles. The molecule has 3 rings (SSSR count). The highest BCUT2D eigenvalue weighted by molar-refractivity contribution is 9.10. The molecule has 1 aromatic rings. The van der Waals surface area contributed by atoms with Crippen molar-refractivity contribution in [2.75, 3.05) is 31.2 Å². The summed E-state index contributed by atoms with van der Waals surface area (Å²) in [6.07, 6.45) is 2.14. The average molecular weight is 441 g/mol. The number of carbonyl (C=O) groups excluding carboxylic acids is 1. The van der Waals surface area contributed by atoms with Crippen LogP contribution in [-0.4, -0.2) is 43.8 Å². The van der Waals surface area contributed by atoms with Crippen LogP contribution in [0.25, 0.3) is 0 Å². The van der Waals surface area contributed by atoms with E-state index < -0.39 is 5.54 Å². The first-order valence-electron chi connectivity index (χ1n) is 7.75. The first-order valence-corrected chi connectivity index (χ1v) is 8.55. The van der Waals surface area contributed by atoms with E-state index in [4.69, 9.17) is 10.5 Å². The number of benzene rings is 1. The second-order valence-corrected chi connectivity index (χ2v) is 6.98. The number of amides is 1. The molecule has 2 aliphatic rings. The summed E-state index contributed by atoms with van der Waals surface area (Å²) in [5.41, 5.74) is 6.65. The second kappa shape index (κ2) is 9.25. The molecule has 1 unspecified atom stereocenters. The number of nitrogens with zero attached hydrogens (tertiary/aromatic N) is 1. The SMILES string of the molecule is Cl.Cl.NC1(C(=O)NC2CCN(c3ccccc3Br)C2)CCOCC1. The Balaban J connectivity index is 0.00000144. The van der Waals surface area contributed by atoms with E-state index in [1.807, 2.05) is 18.2 Å². The highest BCUT2D eigenvalue weighted by Crippen LogP contribution is 2.29. The van der Waals surface area contributed by atoms with E-state index in [2.05, 4.69) is 32.2 Å². The maximum absolute atomic E-state index is 12.5.